The minimum Gasteiger partial charge on any atom is -0.273 e. The molecule has 1 aliphatic rings. The summed E-state index contributed by atoms with van der Waals surface area (Å²) in [5, 5.41) is 4.30. The van der Waals surface area contributed by atoms with Gasteiger partial charge >= 0.3 is 0 Å². The van der Waals surface area contributed by atoms with Crippen LogP contribution < -0.4 is 0 Å². The Hall–Kier alpha value is -1.12. The van der Waals surface area contributed by atoms with E-state index in [1.54, 1.807) is 0 Å². The van der Waals surface area contributed by atoms with Crippen LogP contribution in [-0.2, 0) is 13.5 Å². The second kappa shape index (κ2) is 2.19. The van der Waals surface area contributed by atoms with Gasteiger partial charge in [-0.25, -0.2) is 0 Å². The zero-order valence-electron chi connectivity index (χ0n) is 6.78. The zero-order chi connectivity index (χ0) is 7.84. The second-order valence-electron chi connectivity index (χ2n) is 3.09. The zero-order valence-corrected chi connectivity index (χ0v) is 6.78. The van der Waals surface area contributed by atoms with Crippen molar-refractivity contribution in [2.24, 2.45) is 18.0 Å². The predicted molar refractivity (Wildman–Crippen MR) is 44.2 cm³/mol. The molecule has 11 heavy (non-hydrogen) atoms. The number of nitrogens with zero attached hydrogens (tertiary/aromatic N) is 3. The van der Waals surface area contributed by atoms with Crippen LogP contribution in [0.2, 0.25) is 0 Å². The largest absolute Gasteiger partial charge is 0.273 e. The van der Waals surface area contributed by atoms with Gasteiger partial charge < -0.3 is 0 Å². The molecule has 0 aliphatic carbocycles. The predicted octanol–water partition coefficient (Wildman–Crippen LogP) is 1.31. The van der Waals surface area contributed by atoms with Crippen LogP contribution in [0.3, 0.4) is 0 Å². The molecule has 0 bridgehead atoms. The molecule has 0 N–H and O–H groups in total. The highest BCUT2D eigenvalue weighted by Gasteiger charge is 2.13. The molecule has 1 aromatic rings. The van der Waals surface area contributed by atoms with Gasteiger partial charge in [0.1, 0.15) is 5.69 Å². The normalized spacial score (nSPS) is 21.8. The third kappa shape index (κ3) is 1.06. The average molecular weight is 149 g/mol. The summed E-state index contributed by atoms with van der Waals surface area (Å²) in [7, 11) is 1.93. The fourth-order valence-corrected chi connectivity index (χ4v) is 1.34. The van der Waals surface area contributed by atoms with E-state index in [0.717, 1.165) is 17.8 Å². The van der Waals surface area contributed by atoms with Crippen LogP contribution in [-0.4, -0.2) is 16.0 Å². The number of aliphatic imine (C=N–C) groups is 1. The van der Waals surface area contributed by atoms with E-state index in [9.17, 15) is 0 Å². The highest BCUT2D eigenvalue weighted by atomic mass is 15.3. The SMILES string of the molecule is CC1C=Nc2cn(C)nc2C1. The van der Waals surface area contributed by atoms with Crippen molar-refractivity contribution in [3.63, 3.8) is 0 Å². The van der Waals surface area contributed by atoms with Gasteiger partial charge in [-0.3, -0.25) is 9.67 Å². The maximum atomic E-state index is 4.30. The summed E-state index contributed by atoms with van der Waals surface area (Å²) in [5.41, 5.74) is 2.16. The molecule has 2 heterocycles. The quantitative estimate of drug-likeness (QED) is 0.547. The van der Waals surface area contributed by atoms with Crippen LogP contribution in [0.25, 0.3) is 0 Å². The Labute approximate surface area is 65.8 Å². The fraction of sp³-hybridized carbons (Fsp3) is 0.500. The molecule has 1 aliphatic heterocycles. The molecule has 1 unspecified atom stereocenters. The smallest absolute Gasteiger partial charge is 0.104 e. The summed E-state index contributed by atoms with van der Waals surface area (Å²) in [6.45, 7) is 2.15. The maximum Gasteiger partial charge on any atom is 0.104 e. The summed E-state index contributed by atoms with van der Waals surface area (Å²) in [4.78, 5) is 4.29. The van der Waals surface area contributed by atoms with Crippen LogP contribution in [0.4, 0.5) is 5.69 Å². The van der Waals surface area contributed by atoms with Gasteiger partial charge in [-0.05, 0) is 5.92 Å². The Bertz CT molecular complexity index is 298. The lowest BCUT2D eigenvalue weighted by Gasteiger charge is -2.07. The van der Waals surface area contributed by atoms with Crippen LogP contribution in [0.15, 0.2) is 11.2 Å². The van der Waals surface area contributed by atoms with Gasteiger partial charge in [0.05, 0.1) is 11.9 Å². The minimum atomic E-state index is 0.539. The van der Waals surface area contributed by atoms with Crippen molar-refractivity contribution >= 4 is 11.9 Å². The molecule has 0 radical (unpaired) electrons. The number of fused-ring (bicyclic) bond motifs is 1. The number of hydrogen-bond acceptors (Lipinski definition) is 2. The molecule has 0 spiro atoms. The van der Waals surface area contributed by atoms with Gasteiger partial charge in [0, 0.05) is 19.7 Å². The number of rotatable bonds is 0. The first-order valence-electron chi connectivity index (χ1n) is 3.82. The van der Waals surface area contributed by atoms with Gasteiger partial charge in [0.15, 0.2) is 0 Å². The molecule has 3 heteroatoms. The van der Waals surface area contributed by atoms with E-state index < -0.39 is 0 Å². The third-order valence-electron chi connectivity index (χ3n) is 1.87. The maximum absolute atomic E-state index is 4.30. The minimum absolute atomic E-state index is 0.539. The molecule has 1 atom stereocenters. The van der Waals surface area contributed by atoms with Crippen molar-refractivity contribution in [3.05, 3.63) is 11.9 Å². The molecule has 0 amide bonds. The lowest BCUT2D eigenvalue weighted by Crippen LogP contribution is -2.05. The second-order valence-corrected chi connectivity index (χ2v) is 3.09. The van der Waals surface area contributed by atoms with Crippen molar-refractivity contribution in [3.8, 4) is 0 Å². The first kappa shape index (κ1) is 6.58. The summed E-state index contributed by atoms with van der Waals surface area (Å²) >= 11 is 0. The van der Waals surface area contributed by atoms with Crippen LogP contribution in [0.1, 0.15) is 12.6 Å². The van der Waals surface area contributed by atoms with E-state index in [0.29, 0.717) is 5.92 Å². The van der Waals surface area contributed by atoms with E-state index in [1.165, 1.54) is 0 Å². The highest BCUT2D eigenvalue weighted by molar-refractivity contribution is 5.69. The Morgan fingerprint density at radius 1 is 1.64 bits per heavy atom. The topological polar surface area (TPSA) is 30.2 Å². The van der Waals surface area contributed by atoms with E-state index in [1.807, 2.05) is 24.1 Å². The lowest BCUT2D eigenvalue weighted by molar-refractivity contribution is 0.699. The summed E-state index contributed by atoms with van der Waals surface area (Å²) in [6, 6.07) is 0. The molecular formula is C8H11N3. The van der Waals surface area contributed by atoms with Gasteiger partial charge in [-0.15, -0.1) is 0 Å². The Balaban J connectivity index is 2.44. The number of aryl methyl sites for hydroxylation is 1. The summed E-state index contributed by atoms with van der Waals surface area (Å²) in [6.07, 6.45) is 4.97. The molecular weight excluding hydrogens is 138 g/mol. The van der Waals surface area contributed by atoms with Crippen LogP contribution in [0, 0.1) is 5.92 Å². The first-order chi connectivity index (χ1) is 5.25. The van der Waals surface area contributed by atoms with Crippen molar-refractivity contribution in [2.75, 3.05) is 0 Å². The highest BCUT2D eigenvalue weighted by Crippen LogP contribution is 2.23. The Morgan fingerprint density at radius 2 is 2.45 bits per heavy atom. The molecule has 1 aromatic heterocycles. The monoisotopic (exact) mass is 149 g/mol. The molecule has 3 nitrogen and oxygen atoms in total. The molecule has 58 valence electrons. The van der Waals surface area contributed by atoms with Gasteiger partial charge in [-0.2, -0.15) is 5.10 Å². The van der Waals surface area contributed by atoms with E-state index in [-0.39, 0.29) is 0 Å². The van der Waals surface area contributed by atoms with Crippen molar-refractivity contribution in [2.45, 2.75) is 13.3 Å². The fourth-order valence-electron chi connectivity index (χ4n) is 1.34. The van der Waals surface area contributed by atoms with E-state index in [2.05, 4.69) is 17.0 Å². The lowest BCUT2D eigenvalue weighted by atomic mass is 10.0. The van der Waals surface area contributed by atoms with Crippen molar-refractivity contribution in [1.29, 1.82) is 0 Å². The Morgan fingerprint density at radius 3 is 3.27 bits per heavy atom. The van der Waals surface area contributed by atoms with Crippen LogP contribution in [0.5, 0.6) is 0 Å². The molecule has 2 rings (SSSR count). The van der Waals surface area contributed by atoms with Crippen molar-refractivity contribution < 1.29 is 0 Å². The Kier molecular flexibility index (Phi) is 1.31. The standard InChI is InChI=1S/C8H11N3/c1-6-3-7-8(9-4-6)5-11(2)10-7/h4-6H,3H2,1-2H3. The van der Waals surface area contributed by atoms with Gasteiger partial charge in [-0.1, -0.05) is 6.92 Å². The molecule has 0 aromatic carbocycles. The summed E-state index contributed by atoms with van der Waals surface area (Å²) in [5.74, 6) is 0.539. The van der Waals surface area contributed by atoms with Gasteiger partial charge in [0.25, 0.3) is 0 Å². The number of hydrogen-bond donors (Lipinski definition) is 0. The van der Waals surface area contributed by atoms with Crippen molar-refractivity contribution in [1.82, 2.24) is 9.78 Å². The van der Waals surface area contributed by atoms with Gasteiger partial charge in [0.2, 0.25) is 0 Å². The molecule has 0 saturated carbocycles. The average Bonchev–Trinajstić information content (AvgIpc) is 2.27. The third-order valence-corrected chi connectivity index (χ3v) is 1.87. The van der Waals surface area contributed by atoms with Crippen LogP contribution >= 0.6 is 0 Å². The molecule has 0 saturated heterocycles. The van der Waals surface area contributed by atoms with E-state index in [4.69, 9.17) is 0 Å². The molecule has 0 fully saturated rings. The number of aromatic nitrogens is 2. The first-order valence-corrected chi connectivity index (χ1v) is 3.82. The van der Waals surface area contributed by atoms with E-state index >= 15 is 0 Å². The summed E-state index contributed by atoms with van der Waals surface area (Å²) < 4.78 is 1.82.